The van der Waals surface area contributed by atoms with Crippen molar-refractivity contribution in [3.05, 3.63) is 24.0 Å². The van der Waals surface area contributed by atoms with E-state index >= 15 is 0 Å². The smallest absolute Gasteiger partial charge is 0.203 e. The summed E-state index contributed by atoms with van der Waals surface area (Å²) in [5, 5.41) is 3.21. The molecule has 0 spiro atoms. The van der Waals surface area contributed by atoms with Gasteiger partial charge in [-0.1, -0.05) is 0 Å². The number of likely N-dealkylation sites (N-methyl/N-ethyl adjacent to an activating group) is 1. The first-order valence-corrected chi connectivity index (χ1v) is 5.33. The molecule has 1 saturated heterocycles. The summed E-state index contributed by atoms with van der Waals surface area (Å²) < 4.78 is 13.0. The predicted octanol–water partition coefficient (Wildman–Crippen LogP) is 1.11. The van der Waals surface area contributed by atoms with Crippen LogP contribution in [-0.2, 0) is 0 Å². The molecule has 1 aromatic heterocycles. The molecule has 3 rings (SSSR count). The predicted molar refractivity (Wildman–Crippen MR) is 61.1 cm³/mol. The Labute approximate surface area is 92.5 Å². The van der Waals surface area contributed by atoms with Gasteiger partial charge in [-0.05, 0) is 18.2 Å². The van der Waals surface area contributed by atoms with Crippen LogP contribution in [0.3, 0.4) is 0 Å². The minimum atomic E-state index is -0.240. The summed E-state index contributed by atoms with van der Waals surface area (Å²) in [4.78, 5) is 9.66. The SMILES string of the molecule is CN(c1nc2ccc(F)cc2[nH]1)C1CNC1. The van der Waals surface area contributed by atoms with Gasteiger partial charge in [-0.2, -0.15) is 0 Å². The van der Waals surface area contributed by atoms with Gasteiger partial charge in [-0.15, -0.1) is 0 Å². The number of fused-ring (bicyclic) bond motifs is 1. The zero-order chi connectivity index (χ0) is 11.1. The number of hydrogen-bond donors (Lipinski definition) is 2. The Morgan fingerprint density at radius 3 is 2.94 bits per heavy atom. The normalized spacial score (nSPS) is 16.4. The lowest BCUT2D eigenvalue weighted by molar-refractivity contribution is 0.425. The number of benzene rings is 1. The fourth-order valence-electron chi connectivity index (χ4n) is 1.86. The lowest BCUT2D eigenvalue weighted by Crippen LogP contribution is -2.56. The number of nitrogens with zero attached hydrogens (tertiary/aromatic N) is 2. The molecule has 84 valence electrons. The van der Waals surface area contributed by atoms with E-state index in [4.69, 9.17) is 0 Å². The number of aromatic amines is 1. The van der Waals surface area contributed by atoms with E-state index in [0.717, 1.165) is 30.1 Å². The van der Waals surface area contributed by atoms with Crippen molar-refractivity contribution in [3.63, 3.8) is 0 Å². The van der Waals surface area contributed by atoms with Crippen molar-refractivity contribution in [3.8, 4) is 0 Å². The first-order valence-electron chi connectivity index (χ1n) is 5.33. The minimum Gasteiger partial charge on any atom is -0.340 e. The molecule has 16 heavy (non-hydrogen) atoms. The van der Waals surface area contributed by atoms with E-state index in [-0.39, 0.29) is 5.82 Å². The number of hydrogen-bond acceptors (Lipinski definition) is 3. The summed E-state index contributed by atoms with van der Waals surface area (Å²) in [6.45, 7) is 1.95. The minimum absolute atomic E-state index is 0.240. The summed E-state index contributed by atoms with van der Waals surface area (Å²) in [5.41, 5.74) is 1.55. The van der Waals surface area contributed by atoms with Crippen molar-refractivity contribution < 1.29 is 4.39 Å². The van der Waals surface area contributed by atoms with Crippen LogP contribution in [0.5, 0.6) is 0 Å². The molecule has 4 nitrogen and oxygen atoms in total. The molecule has 0 atom stereocenters. The second-order valence-electron chi connectivity index (χ2n) is 4.14. The van der Waals surface area contributed by atoms with Crippen LogP contribution >= 0.6 is 0 Å². The van der Waals surface area contributed by atoms with Crippen molar-refractivity contribution >= 4 is 17.0 Å². The van der Waals surface area contributed by atoms with Gasteiger partial charge in [0.25, 0.3) is 0 Å². The molecule has 2 N–H and O–H groups in total. The number of anilines is 1. The molecular formula is C11H13FN4. The Morgan fingerprint density at radius 2 is 2.25 bits per heavy atom. The van der Waals surface area contributed by atoms with Crippen molar-refractivity contribution in [2.45, 2.75) is 6.04 Å². The van der Waals surface area contributed by atoms with Crippen molar-refractivity contribution in [1.82, 2.24) is 15.3 Å². The zero-order valence-electron chi connectivity index (χ0n) is 9.00. The van der Waals surface area contributed by atoms with Gasteiger partial charge in [0, 0.05) is 20.1 Å². The first-order chi connectivity index (χ1) is 7.74. The molecule has 0 saturated carbocycles. The van der Waals surface area contributed by atoms with E-state index in [2.05, 4.69) is 20.2 Å². The molecule has 0 amide bonds. The highest BCUT2D eigenvalue weighted by atomic mass is 19.1. The second kappa shape index (κ2) is 3.45. The highest BCUT2D eigenvalue weighted by molar-refractivity contribution is 5.77. The third-order valence-electron chi connectivity index (χ3n) is 3.07. The van der Waals surface area contributed by atoms with E-state index in [1.807, 2.05) is 7.05 Å². The number of H-pyrrole nitrogens is 1. The zero-order valence-corrected chi connectivity index (χ0v) is 9.00. The van der Waals surface area contributed by atoms with Gasteiger partial charge in [-0.25, -0.2) is 9.37 Å². The molecule has 1 aliphatic rings. The van der Waals surface area contributed by atoms with Crippen LogP contribution in [0.2, 0.25) is 0 Å². The highest BCUT2D eigenvalue weighted by Gasteiger charge is 2.23. The maximum Gasteiger partial charge on any atom is 0.203 e. The average molecular weight is 220 g/mol. The van der Waals surface area contributed by atoms with E-state index in [1.54, 1.807) is 6.07 Å². The van der Waals surface area contributed by atoms with Crippen LogP contribution in [-0.4, -0.2) is 36.1 Å². The molecule has 0 radical (unpaired) electrons. The fourth-order valence-corrected chi connectivity index (χ4v) is 1.86. The maximum absolute atomic E-state index is 13.0. The molecule has 0 aliphatic carbocycles. The number of rotatable bonds is 2. The summed E-state index contributed by atoms with van der Waals surface area (Å²) >= 11 is 0. The Kier molecular flexibility index (Phi) is 2.07. The van der Waals surface area contributed by atoms with Crippen molar-refractivity contribution in [2.75, 3.05) is 25.0 Å². The topological polar surface area (TPSA) is 44.0 Å². The molecule has 2 heterocycles. The standard InChI is InChI=1S/C11H13FN4/c1-16(8-5-13-6-8)11-14-9-3-2-7(12)4-10(9)15-11/h2-4,8,13H,5-6H2,1H3,(H,14,15). The van der Waals surface area contributed by atoms with E-state index in [9.17, 15) is 4.39 Å². The van der Waals surface area contributed by atoms with Crippen LogP contribution in [0.25, 0.3) is 11.0 Å². The molecule has 0 bridgehead atoms. The second-order valence-corrected chi connectivity index (χ2v) is 4.14. The fraction of sp³-hybridized carbons (Fsp3) is 0.364. The first kappa shape index (κ1) is 9.59. The molecular weight excluding hydrogens is 207 g/mol. The third kappa shape index (κ3) is 1.44. The maximum atomic E-state index is 13.0. The number of imidazole rings is 1. The summed E-state index contributed by atoms with van der Waals surface area (Å²) in [6.07, 6.45) is 0. The van der Waals surface area contributed by atoms with Crippen LogP contribution in [0.15, 0.2) is 18.2 Å². The van der Waals surface area contributed by atoms with Gasteiger partial charge >= 0.3 is 0 Å². The Morgan fingerprint density at radius 1 is 1.44 bits per heavy atom. The average Bonchev–Trinajstić information content (AvgIpc) is 2.57. The molecule has 5 heteroatoms. The van der Waals surface area contributed by atoms with Crippen molar-refractivity contribution in [2.24, 2.45) is 0 Å². The summed E-state index contributed by atoms with van der Waals surface area (Å²) in [5.74, 6) is 0.558. The summed E-state index contributed by atoms with van der Waals surface area (Å²) in [6, 6.07) is 5.07. The molecule has 0 unspecified atom stereocenters. The van der Waals surface area contributed by atoms with E-state index in [1.165, 1.54) is 12.1 Å². The van der Waals surface area contributed by atoms with Gasteiger partial charge in [0.15, 0.2) is 0 Å². The Bertz CT molecular complexity index is 518. The van der Waals surface area contributed by atoms with Gasteiger partial charge < -0.3 is 15.2 Å². The van der Waals surface area contributed by atoms with E-state index in [0.29, 0.717) is 6.04 Å². The Hall–Kier alpha value is -1.62. The van der Waals surface area contributed by atoms with E-state index < -0.39 is 0 Å². The van der Waals surface area contributed by atoms with Crippen LogP contribution < -0.4 is 10.2 Å². The lowest BCUT2D eigenvalue weighted by atomic mass is 10.1. The molecule has 1 aromatic carbocycles. The lowest BCUT2D eigenvalue weighted by Gasteiger charge is -2.35. The van der Waals surface area contributed by atoms with Gasteiger partial charge in [0.1, 0.15) is 5.82 Å². The van der Waals surface area contributed by atoms with Gasteiger partial charge in [0.05, 0.1) is 17.1 Å². The van der Waals surface area contributed by atoms with Gasteiger partial charge in [0.2, 0.25) is 5.95 Å². The highest BCUT2D eigenvalue weighted by Crippen LogP contribution is 2.19. The third-order valence-corrected chi connectivity index (χ3v) is 3.07. The summed E-state index contributed by atoms with van der Waals surface area (Å²) in [7, 11) is 2.00. The monoisotopic (exact) mass is 220 g/mol. The van der Waals surface area contributed by atoms with Crippen molar-refractivity contribution in [1.29, 1.82) is 0 Å². The molecule has 1 fully saturated rings. The van der Waals surface area contributed by atoms with Crippen LogP contribution in [0.4, 0.5) is 10.3 Å². The quantitative estimate of drug-likeness (QED) is 0.796. The number of nitrogens with one attached hydrogen (secondary N) is 2. The molecule has 2 aromatic rings. The number of aromatic nitrogens is 2. The Balaban J connectivity index is 1.97. The largest absolute Gasteiger partial charge is 0.340 e. The van der Waals surface area contributed by atoms with Crippen LogP contribution in [0.1, 0.15) is 0 Å². The molecule has 1 aliphatic heterocycles. The van der Waals surface area contributed by atoms with Gasteiger partial charge in [-0.3, -0.25) is 0 Å². The number of halogens is 1. The van der Waals surface area contributed by atoms with Crippen LogP contribution in [0, 0.1) is 5.82 Å².